The van der Waals surface area contributed by atoms with E-state index >= 15 is 0 Å². The Bertz CT molecular complexity index is 645. The second-order valence-electron chi connectivity index (χ2n) is 3.86. The number of nitrogen functional groups attached to an aromatic ring is 1. The molecule has 0 aromatic heterocycles. The lowest BCUT2D eigenvalue weighted by molar-refractivity contribution is 0.102. The van der Waals surface area contributed by atoms with Crippen molar-refractivity contribution in [2.45, 2.75) is 0 Å². The van der Waals surface area contributed by atoms with Gasteiger partial charge in [-0.25, -0.2) is 0 Å². The molecule has 0 aliphatic heterocycles. The standard InChI is InChI=1S/C13H10Cl2N2O2/c14-10-3-2-8(18)6-9(10)13(19)17-12-4-1-7(16)5-11(12)15/h1-6,18H,16H2,(H,17,19). The van der Waals surface area contributed by atoms with Crippen molar-refractivity contribution in [3.8, 4) is 5.75 Å². The van der Waals surface area contributed by atoms with Gasteiger partial charge in [0.05, 0.1) is 21.3 Å². The Balaban J connectivity index is 2.28. The zero-order valence-corrected chi connectivity index (χ0v) is 11.2. The van der Waals surface area contributed by atoms with Crippen molar-refractivity contribution in [3.63, 3.8) is 0 Å². The van der Waals surface area contributed by atoms with Crippen molar-refractivity contribution in [2.75, 3.05) is 11.1 Å². The summed E-state index contributed by atoms with van der Waals surface area (Å²) in [5, 5.41) is 12.5. The minimum atomic E-state index is -0.465. The summed E-state index contributed by atoms with van der Waals surface area (Å²) in [5.41, 5.74) is 6.64. The summed E-state index contributed by atoms with van der Waals surface area (Å²) in [4.78, 5) is 12.0. The number of aromatic hydroxyl groups is 1. The molecule has 0 atom stereocenters. The molecule has 0 heterocycles. The van der Waals surface area contributed by atoms with Gasteiger partial charge in [-0.05, 0) is 36.4 Å². The maximum atomic E-state index is 12.0. The quantitative estimate of drug-likeness (QED) is 0.742. The van der Waals surface area contributed by atoms with Gasteiger partial charge in [0.25, 0.3) is 5.91 Å². The molecule has 0 spiro atoms. The number of amides is 1. The SMILES string of the molecule is Nc1ccc(NC(=O)c2cc(O)ccc2Cl)c(Cl)c1. The summed E-state index contributed by atoms with van der Waals surface area (Å²) in [6, 6.07) is 8.85. The number of anilines is 2. The first-order chi connectivity index (χ1) is 8.97. The summed E-state index contributed by atoms with van der Waals surface area (Å²) in [5.74, 6) is -0.509. The highest BCUT2D eigenvalue weighted by molar-refractivity contribution is 6.36. The topological polar surface area (TPSA) is 75.3 Å². The number of hydrogen-bond acceptors (Lipinski definition) is 3. The Morgan fingerprint density at radius 1 is 1.11 bits per heavy atom. The smallest absolute Gasteiger partial charge is 0.257 e. The van der Waals surface area contributed by atoms with Crippen LogP contribution in [-0.4, -0.2) is 11.0 Å². The van der Waals surface area contributed by atoms with Crippen molar-refractivity contribution in [3.05, 3.63) is 52.0 Å². The number of nitrogens with one attached hydrogen (secondary N) is 1. The zero-order chi connectivity index (χ0) is 14.0. The van der Waals surface area contributed by atoms with Gasteiger partial charge < -0.3 is 16.2 Å². The van der Waals surface area contributed by atoms with Crippen molar-refractivity contribution < 1.29 is 9.90 Å². The maximum absolute atomic E-state index is 12.0. The minimum Gasteiger partial charge on any atom is -0.508 e. The van der Waals surface area contributed by atoms with Gasteiger partial charge in [0.2, 0.25) is 0 Å². The molecule has 1 amide bonds. The number of halogens is 2. The molecule has 4 nitrogen and oxygen atoms in total. The van der Waals surface area contributed by atoms with Crippen LogP contribution in [0.4, 0.5) is 11.4 Å². The first-order valence-electron chi connectivity index (χ1n) is 5.32. The largest absolute Gasteiger partial charge is 0.508 e. The molecule has 0 saturated heterocycles. The zero-order valence-electron chi connectivity index (χ0n) is 9.65. The van der Waals surface area contributed by atoms with Crippen LogP contribution in [0.15, 0.2) is 36.4 Å². The van der Waals surface area contributed by atoms with Gasteiger partial charge in [0.15, 0.2) is 0 Å². The number of hydrogen-bond donors (Lipinski definition) is 3. The van der Waals surface area contributed by atoms with E-state index in [2.05, 4.69) is 5.32 Å². The van der Waals surface area contributed by atoms with E-state index in [1.54, 1.807) is 12.1 Å². The molecule has 0 bridgehead atoms. The number of carbonyl (C=O) groups is 1. The van der Waals surface area contributed by atoms with Gasteiger partial charge in [-0.15, -0.1) is 0 Å². The summed E-state index contributed by atoms with van der Waals surface area (Å²) >= 11 is 11.9. The summed E-state index contributed by atoms with van der Waals surface area (Å²) in [6.45, 7) is 0. The number of carbonyl (C=O) groups excluding carboxylic acids is 1. The Hall–Kier alpha value is -1.91. The molecule has 2 rings (SSSR count). The first kappa shape index (κ1) is 13.5. The molecule has 98 valence electrons. The van der Waals surface area contributed by atoms with Crippen LogP contribution in [0.2, 0.25) is 10.0 Å². The van der Waals surface area contributed by atoms with Crippen molar-refractivity contribution >= 4 is 40.5 Å². The van der Waals surface area contributed by atoms with E-state index in [0.29, 0.717) is 16.4 Å². The molecule has 4 N–H and O–H groups in total. The molecule has 2 aromatic carbocycles. The maximum Gasteiger partial charge on any atom is 0.257 e. The minimum absolute atomic E-state index is 0.0436. The van der Waals surface area contributed by atoms with Crippen molar-refractivity contribution in [2.24, 2.45) is 0 Å². The summed E-state index contributed by atoms with van der Waals surface area (Å²) in [6.07, 6.45) is 0. The number of rotatable bonds is 2. The summed E-state index contributed by atoms with van der Waals surface area (Å²) < 4.78 is 0. The third kappa shape index (κ3) is 3.10. The van der Waals surface area contributed by atoms with Crippen LogP contribution in [0, 0.1) is 0 Å². The second-order valence-corrected chi connectivity index (χ2v) is 4.67. The van der Waals surface area contributed by atoms with E-state index in [9.17, 15) is 9.90 Å². The highest BCUT2D eigenvalue weighted by Gasteiger charge is 2.13. The number of nitrogens with two attached hydrogens (primary N) is 1. The van der Waals surface area contributed by atoms with Crippen molar-refractivity contribution in [1.82, 2.24) is 0 Å². The van der Waals surface area contributed by atoms with Gasteiger partial charge in [-0.1, -0.05) is 23.2 Å². The molecule has 0 aliphatic rings. The van der Waals surface area contributed by atoms with Crippen LogP contribution < -0.4 is 11.1 Å². The van der Waals surface area contributed by atoms with Crippen LogP contribution in [0.5, 0.6) is 5.75 Å². The lowest BCUT2D eigenvalue weighted by atomic mass is 10.2. The van der Waals surface area contributed by atoms with Gasteiger partial charge in [-0.3, -0.25) is 4.79 Å². The lowest BCUT2D eigenvalue weighted by Crippen LogP contribution is -2.12. The Labute approximate surface area is 119 Å². The number of phenols is 1. The molecule has 0 saturated carbocycles. The van der Waals surface area contributed by atoms with Crippen LogP contribution in [0.25, 0.3) is 0 Å². The lowest BCUT2D eigenvalue weighted by Gasteiger charge is -2.09. The predicted octanol–water partition coefficient (Wildman–Crippen LogP) is 3.53. The van der Waals surface area contributed by atoms with E-state index in [-0.39, 0.29) is 16.3 Å². The predicted molar refractivity (Wildman–Crippen MR) is 76.9 cm³/mol. The molecule has 0 fully saturated rings. The molecule has 0 unspecified atom stereocenters. The molecular weight excluding hydrogens is 287 g/mol. The van der Waals surface area contributed by atoms with Crippen LogP contribution in [0.3, 0.4) is 0 Å². The van der Waals surface area contributed by atoms with Gasteiger partial charge in [-0.2, -0.15) is 0 Å². The van der Waals surface area contributed by atoms with E-state index in [0.717, 1.165) is 0 Å². The van der Waals surface area contributed by atoms with Crippen LogP contribution in [-0.2, 0) is 0 Å². The third-order valence-corrected chi connectivity index (χ3v) is 3.08. The third-order valence-electron chi connectivity index (χ3n) is 2.44. The van der Waals surface area contributed by atoms with Crippen LogP contribution in [0.1, 0.15) is 10.4 Å². The Morgan fingerprint density at radius 2 is 1.84 bits per heavy atom. The molecular formula is C13H10Cl2N2O2. The number of benzene rings is 2. The van der Waals surface area contributed by atoms with E-state index in [1.165, 1.54) is 24.3 Å². The average molecular weight is 297 g/mol. The highest BCUT2D eigenvalue weighted by Crippen LogP contribution is 2.26. The normalized spacial score (nSPS) is 10.2. The van der Waals surface area contributed by atoms with Gasteiger partial charge in [0, 0.05) is 5.69 Å². The fraction of sp³-hybridized carbons (Fsp3) is 0. The monoisotopic (exact) mass is 296 g/mol. The molecule has 6 heteroatoms. The molecule has 0 aliphatic carbocycles. The Kier molecular flexibility index (Phi) is 3.83. The van der Waals surface area contributed by atoms with E-state index in [1.807, 2.05) is 0 Å². The fourth-order valence-electron chi connectivity index (χ4n) is 1.51. The van der Waals surface area contributed by atoms with E-state index in [4.69, 9.17) is 28.9 Å². The molecule has 0 radical (unpaired) electrons. The summed E-state index contributed by atoms with van der Waals surface area (Å²) in [7, 11) is 0. The van der Waals surface area contributed by atoms with E-state index < -0.39 is 5.91 Å². The molecule has 19 heavy (non-hydrogen) atoms. The second kappa shape index (κ2) is 5.38. The van der Waals surface area contributed by atoms with Gasteiger partial charge in [0.1, 0.15) is 5.75 Å². The Morgan fingerprint density at radius 3 is 2.53 bits per heavy atom. The van der Waals surface area contributed by atoms with Crippen molar-refractivity contribution in [1.29, 1.82) is 0 Å². The number of phenolic OH excluding ortho intramolecular Hbond substituents is 1. The van der Waals surface area contributed by atoms with Crippen LogP contribution >= 0.6 is 23.2 Å². The average Bonchev–Trinajstić information content (AvgIpc) is 2.35. The fourth-order valence-corrected chi connectivity index (χ4v) is 1.95. The first-order valence-corrected chi connectivity index (χ1v) is 6.08. The van der Waals surface area contributed by atoms with Gasteiger partial charge >= 0.3 is 0 Å². The molecule has 2 aromatic rings. The highest BCUT2D eigenvalue weighted by atomic mass is 35.5.